The second kappa shape index (κ2) is 6.20. The first-order valence-electron chi connectivity index (χ1n) is 7.15. The minimum absolute atomic E-state index is 0.335. The number of aromatic nitrogens is 1. The Kier molecular flexibility index (Phi) is 4.26. The largest absolute Gasteiger partial charge is 0.494 e. The highest BCUT2D eigenvalue weighted by molar-refractivity contribution is 6.30. The van der Waals surface area contributed by atoms with Gasteiger partial charge in [-0.2, -0.15) is 0 Å². The zero-order valence-electron chi connectivity index (χ0n) is 12.8. The van der Waals surface area contributed by atoms with Gasteiger partial charge in [-0.3, -0.25) is 4.99 Å². The minimum atomic E-state index is -0.623. The Labute approximate surface area is 137 Å². The fourth-order valence-corrected chi connectivity index (χ4v) is 3.06. The molecule has 0 amide bonds. The van der Waals surface area contributed by atoms with Gasteiger partial charge in [0.1, 0.15) is 23.4 Å². The van der Waals surface area contributed by atoms with Crippen molar-refractivity contribution in [1.29, 1.82) is 0 Å². The third-order valence-electron chi connectivity index (χ3n) is 3.95. The number of aliphatic imine (C=N–C) groups is 1. The van der Waals surface area contributed by atoms with Crippen molar-refractivity contribution < 1.29 is 13.5 Å². The summed E-state index contributed by atoms with van der Waals surface area (Å²) < 4.78 is 34.9. The summed E-state index contributed by atoms with van der Waals surface area (Å²) in [5.41, 5.74) is 1.08. The molecule has 3 rings (SSSR count). The van der Waals surface area contributed by atoms with Crippen LogP contribution in [0.3, 0.4) is 0 Å². The van der Waals surface area contributed by atoms with Crippen molar-refractivity contribution in [2.24, 2.45) is 4.99 Å². The van der Waals surface area contributed by atoms with Crippen molar-refractivity contribution >= 4 is 28.7 Å². The average Bonchev–Trinajstić information content (AvgIpc) is 2.78. The molecule has 23 heavy (non-hydrogen) atoms. The first kappa shape index (κ1) is 15.8. The van der Waals surface area contributed by atoms with Crippen molar-refractivity contribution in [3.63, 3.8) is 0 Å². The Morgan fingerprint density at radius 2 is 2.09 bits per heavy atom. The van der Waals surface area contributed by atoms with Gasteiger partial charge in [0, 0.05) is 30.8 Å². The van der Waals surface area contributed by atoms with Crippen molar-refractivity contribution in [3.8, 4) is 5.75 Å². The second-order valence-corrected chi connectivity index (χ2v) is 5.67. The molecule has 0 N–H and O–H groups in total. The van der Waals surface area contributed by atoms with Crippen LogP contribution in [0.15, 0.2) is 28.4 Å². The molecule has 0 bridgehead atoms. The van der Waals surface area contributed by atoms with Gasteiger partial charge in [0.05, 0.1) is 18.3 Å². The molecule has 4 nitrogen and oxygen atoms in total. The number of methoxy groups -OCH3 is 1. The molecule has 0 radical (unpaired) electrons. The van der Waals surface area contributed by atoms with Crippen LogP contribution in [0.2, 0.25) is 0 Å². The molecular formula is C16H16ClF2N3O. The maximum Gasteiger partial charge on any atom is 0.150 e. The molecule has 1 aromatic carbocycles. The van der Waals surface area contributed by atoms with Crippen LogP contribution < -0.4 is 4.74 Å². The van der Waals surface area contributed by atoms with Crippen molar-refractivity contribution in [2.45, 2.75) is 13.5 Å². The van der Waals surface area contributed by atoms with Gasteiger partial charge in [-0.05, 0) is 19.1 Å². The lowest BCUT2D eigenvalue weighted by atomic mass is 10.2. The van der Waals surface area contributed by atoms with E-state index >= 15 is 0 Å². The molecule has 0 atom stereocenters. The van der Waals surface area contributed by atoms with Crippen LogP contribution in [-0.4, -0.2) is 36.0 Å². The van der Waals surface area contributed by atoms with E-state index in [0.717, 1.165) is 11.8 Å². The fourth-order valence-electron chi connectivity index (χ4n) is 2.87. The van der Waals surface area contributed by atoms with Gasteiger partial charge in [-0.15, -0.1) is 0 Å². The fraction of sp³-hybridized carbons (Fsp3) is 0.312. The van der Waals surface area contributed by atoms with E-state index in [4.69, 9.17) is 16.3 Å². The lowest BCUT2D eigenvalue weighted by Gasteiger charge is -2.24. The number of fused-ring (bicyclic) bond motifs is 1. The number of hydrogen-bond donors (Lipinski definition) is 0. The SMILES string of the molecule is COc1c(C)n(CCN2CN=CC=C2Cl)c2c(F)cc(F)cc12. The van der Waals surface area contributed by atoms with Gasteiger partial charge in [0.25, 0.3) is 0 Å². The van der Waals surface area contributed by atoms with Crippen LogP contribution in [0.25, 0.3) is 10.9 Å². The predicted octanol–water partition coefficient (Wildman–Crippen LogP) is 3.66. The number of benzene rings is 1. The zero-order chi connectivity index (χ0) is 16.6. The van der Waals surface area contributed by atoms with Crippen LogP contribution in [0, 0.1) is 18.6 Å². The molecule has 0 aliphatic carbocycles. The van der Waals surface area contributed by atoms with Gasteiger partial charge in [0.2, 0.25) is 0 Å². The highest BCUT2D eigenvalue weighted by atomic mass is 35.5. The highest BCUT2D eigenvalue weighted by Gasteiger charge is 2.20. The smallest absolute Gasteiger partial charge is 0.150 e. The number of nitrogens with zero attached hydrogens (tertiary/aromatic N) is 3. The molecule has 0 saturated carbocycles. The average molecular weight is 340 g/mol. The van der Waals surface area contributed by atoms with E-state index in [9.17, 15) is 8.78 Å². The number of halogens is 3. The molecule has 1 aromatic heterocycles. The summed E-state index contributed by atoms with van der Waals surface area (Å²) in [6.07, 6.45) is 3.36. The van der Waals surface area contributed by atoms with Crippen molar-refractivity contribution in [1.82, 2.24) is 9.47 Å². The van der Waals surface area contributed by atoms with Crippen LogP contribution >= 0.6 is 11.6 Å². The van der Waals surface area contributed by atoms with E-state index in [1.807, 2.05) is 11.8 Å². The summed E-state index contributed by atoms with van der Waals surface area (Å²) in [6, 6.07) is 2.18. The molecule has 7 heteroatoms. The first-order chi connectivity index (χ1) is 11.0. The molecule has 0 spiro atoms. The van der Waals surface area contributed by atoms with E-state index in [-0.39, 0.29) is 0 Å². The Morgan fingerprint density at radius 3 is 2.78 bits per heavy atom. The monoisotopic (exact) mass is 339 g/mol. The van der Waals surface area contributed by atoms with Gasteiger partial charge < -0.3 is 14.2 Å². The third-order valence-corrected chi connectivity index (χ3v) is 4.31. The summed E-state index contributed by atoms with van der Waals surface area (Å²) in [4.78, 5) is 6.01. The molecule has 1 aliphatic heterocycles. The van der Waals surface area contributed by atoms with E-state index < -0.39 is 11.6 Å². The van der Waals surface area contributed by atoms with Crippen LogP contribution in [-0.2, 0) is 6.54 Å². The Hall–Kier alpha value is -2.08. The number of rotatable bonds is 4. The highest BCUT2D eigenvalue weighted by Crippen LogP contribution is 2.34. The van der Waals surface area contributed by atoms with Crippen LogP contribution in [0.1, 0.15) is 5.69 Å². The molecule has 0 fully saturated rings. The molecule has 0 unspecified atom stereocenters. The molecular weight excluding hydrogens is 324 g/mol. The van der Waals surface area contributed by atoms with Gasteiger partial charge in [0.15, 0.2) is 5.82 Å². The number of ether oxygens (including phenoxy) is 1. The molecule has 2 heterocycles. The van der Waals surface area contributed by atoms with Crippen molar-refractivity contribution in [3.05, 3.63) is 40.7 Å². The first-order valence-corrected chi connectivity index (χ1v) is 7.53. The molecule has 2 aromatic rings. The molecule has 1 aliphatic rings. The van der Waals surface area contributed by atoms with E-state index in [1.54, 1.807) is 16.9 Å². The van der Waals surface area contributed by atoms with Crippen molar-refractivity contribution in [2.75, 3.05) is 20.3 Å². The summed E-state index contributed by atoms with van der Waals surface area (Å²) in [5, 5.41) is 1.02. The summed E-state index contributed by atoms with van der Waals surface area (Å²) >= 11 is 6.13. The van der Waals surface area contributed by atoms with Gasteiger partial charge in [-0.1, -0.05) is 11.6 Å². The Bertz CT molecular complexity index is 813. The lowest BCUT2D eigenvalue weighted by molar-refractivity contribution is 0.353. The normalized spacial score (nSPS) is 14.5. The Balaban J connectivity index is 1.99. The molecule has 0 saturated heterocycles. The Morgan fingerprint density at radius 1 is 1.30 bits per heavy atom. The predicted molar refractivity (Wildman–Crippen MR) is 87.1 cm³/mol. The van der Waals surface area contributed by atoms with E-state index in [1.165, 1.54) is 13.2 Å². The summed E-state index contributed by atoms with van der Waals surface area (Å²) in [7, 11) is 1.49. The summed E-state index contributed by atoms with van der Waals surface area (Å²) in [6.45, 7) is 3.31. The minimum Gasteiger partial charge on any atom is -0.494 e. The van der Waals surface area contributed by atoms with E-state index in [0.29, 0.717) is 41.6 Å². The quantitative estimate of drug-likeness (QED) is 0.796. The second-order valence-electron chi connectivity index (χ2n) is 5.28. The molecule has 122 valence electrons. The third kappa shape index (κ3) is 2.79. The standard InChI is InChI=1S/C16H16ClF2N3O/c1-10-16(23-2)12-7-11(18)8-13(19)15(12)22(10)6-5-21-9-20-4-3-14(21)17/h3-4,7-8H,5-6,9H2,1-2H3. The maximum absolute atomic E-state index is 14.3. The van der Waals surface area contributed by atoms with Crippen LogP contribution in [0.4, 0.5) is 8.78 Å². The zero-order valence-corrected chi connectivity index (χ0v) is 13.6. The number of hydrogen-bond acceptors (Lipinski definition) is 3. The van der Waals surface area contributed by atoms with Gasteiger partial charge in [-0.25, -0.2) is 8.78 Å². The van der Waals surface area contributed by atoms with Crippen LogP contribution in [0.5, 0.6) is 5.75 Å². The van der Waals surface area contributed by atoms with E-state index in [2.05, 4.69) is 4.99 Å². The number of allylic oxidation sites excluding steroid dienone is 1. The summed E-state index contributed by atoms with van der Waals surface area (Å²) in [5.74, 6) is -0.747. The van der Waals surface area contributed by atoms with Gasteiger partial charge >= 0.3 is 0 Å². The topological polar surface area (TPSA) is 29.8 Å². The lowest BCUT2D eigenvalue weighted by Crippen LogP contribution is -2.27. The maximum atomic E-state index is 14.3.